The first kappa shape index (κ1) is 14.0. The maximum absolute atomic E-state index is 12.3. The summed E-state index contributed by atoms with van der Waals surface area (Å²) in [7, 11) is 0. The molecular formula is C11H18F3N3. The molecule has 1 atom stereocenters. The fourth-order valence-corrected chi connectivity index (χ4v) is 1.43. The zero-order valence-corrected chi connectivity index (χ0v) is 10.3. The number of hydrogen-bond donors (Lipinski definition) is 1. The number of rotatable bonds is 5. The minimum atomic E-state index is -4.31. The maximum atomic E-state index is 12.3. The Kier molecular flexibility index (Phi) is 4.56. The molecular weight excluding hydrogens is 231 g/mol. The van der Waals surface area contributed by atoms with Crippen LogP contribution in [0, 0.1) is 5.92 Å². The van der Waals surface area contributed by atoms with E-state index in [0.29, 0.717) is 12.6 Å². The van der Waals surface area contributed by atoms with Crippen LogP contribution in [0.15, 0.2) is 12.4 Å². The molecule has 0 saturated carbocycles. The molecule has 0 bridgehead atoms. The second-order valence-corrected chi connectivity index (χ2v) is 4.62. The van der Waals surface area contributed by atoms with Crippen molar-refractivity contribution >= 4 is 0 Å². The Morgan fingerprint density at radius 1 is 1.35 bits per heavy atom. The molecule has 1 heterocycles. The SMILES string of the molecule is CC(CNC(C)C)Cn1cc(C(F)(F)F)cn1. The van der Waals surface area contributed by atoms with Crippen molar-refractivity contribution < 1.29 is 13.2 Å². The Hall–Kier alpha value is -1.04. The van der Waals surface area contributed by atoms with E-state index in [2.05, 4.69) is 10.4 Å². The first-order valence-electron chi connectivity index (χ1n) is 5.62. The third-order valence-electron chi connectivity index (χ3n) is 2.33. The summed E-state index contributed by atoms with van der Waals surface area (Å²) in [6.07, 6.45) is -2.40. The zero-order chi connectivity index (χ0) is 13.1. The first-order valence-corrected chi connectivity index (χ1v) is 5.62. The highest BCUT2D eigenvalue weighted by Gasteiger charge is 2.32. The minimum Gasteiger partial charge on any atom is -0.314 e. The van der Waals surface area contributed by atoms with Crippen molar-refractivity contribution in [2.75, 3.05) is 6.54 Å². The smallest absolute Gasteiger partial charge is 0.314 e. The molecule has 0 aliphatic carbocycles. The standard InChI is InChI=1S/C11H18F3N3/c1-8(2)15-4-9(3)6-17-7-10(5-16-17)11(12,13)14/h5,7-9,15H,4,6H2,1-3H3. The molecule has 1 N–H and O–H groups in total. The monoisotopic (exact) mass is 249 g/mol. The van der Waals surface area contributed by atoms with Crippen molar-refractivity contribution in [2.24, 2.45) is 5.92 Å². The van der Waals surface area contributed by atoms with Crippen LogP contribution in [0.3, 0.4) is 0 Å². The Morgan fingerprint density at radius 3 is 2.47 bits per heavy atom. The van der Waals surface area contributed by atoms with Crippen LogP contribution in [-0.2, 0) is 12.7 Å². The van der Waals surface area contributed by atoms with E-state index in [1.807, 2.05) is 20.8 Å². The average Bonchev–Trinajstić information content (AvgIpc) is 2.62. The van der Waals surface area contributed by atoms with E-state index in [9.17, 15) is 13.2 Å². The van der Waals surface area contributed by atoms with Crippen molar-refractivity contribution in [3.8, 4) is 0 Å². The maximum Gasteiger partial charge on any atom is 0.419 e. The van der Waals surface area contributed by atoms with Crippen molar-refractivity contribution in [3.05, 3.63) is 18.0 Å². The zero-order valence-electron chi connectivity index (χ0n) is 10.3. The highest BCUT2D eigenvalue weighted by atomic mass is 19.4. The molecule has 0 radical (unpaired) electrons. The molecule has 17 heavy (non-hydrogen) atoms. The topological polar surface area (TPSA) is 29.9 Å². The van der Waals surface area contributed by atoms with E-state index >= 15 is 0 Å². The molecule has 6 heteroatoms. The van der Waals surface area contributed by atoms with Gasteiger partial charge in [0.25, 0.3) is 0 Å². The van der Waals surface area contributed by atoms with Crippen molar-refractivity contribution in [1.82, 2.24) is 15.1 Å². The van der Waals surface area contributed by atoms with Gasteiger partial charge in [-0.1, -0.05) is 20.8 Å². The van der Waals surface area contributed by atoms with Gasteiger partial charge in [-0.25, -0.2) is 0 Å². The number of halogens is 3. The van der Waals surface area contributed by atoms with Crippen LogP contribution in [0.5, 0.6) is 0 Å². The highest BCUT2D eigenvalue weighted by molar-refractivity contribution is 5.08. The molecule has 1 aromatic rings. The summed E-state index contributed by atoms with van der Waals surface area (Å²) in [5.74, 6) is 0.235. The summed E-state index contributed by atoms with van der Waals surface area (Å²) in [6.45, 7) is 7.28. The summed E-state index contributed by atoms with van der Waals surface area (Å²) in [6, 6.07) is 0.376. The second kappa shape index (κ2) is 5.53. The summed E-state index contributed by atoms with van der Waals surface area (Å²) < 4.78 is 38.3. The van der Waals surface area contributed by atoms with Crippen LogP contribution >= 0.6 is 0 Å². The van der Waals surface area contributed by atoms with Gasteiger partial charge < -0.3 is 5.32 Å². The molecule has 0 aliphatic heterocycles. The third-order valence-corrected chi connectivity index (χ3v) is 2.33. The first-order chi connectivity index (χ1) is 7.79. The molecule has 0 aromatic carbocycles. The molecule has 0 aliphatic rings. The average molecular weight is 249 g/mol. The number of aromatic nitrogens is 2. The van der Waals surface area contributed by atoms with Crippen LogP contribution in [0.2, 0.25) is 0 Å². The van der Waals surface area contributed by atoms with Crippen LogP contribution < -0.4 is 5.32 Å². The van der Waals surface area contributed by atoms with Gasteiger partial charge in [-0.2, -0.15) is 18.3 Å². The lowest BCUT2D eigenvalue weighted by Crippen LogP contribution is -2.29. The fourth-order valence-electron chi connectivity index (χ4n) is 1.43. The predicted octanol–water partition coefficient (Wildman–Crippen LogP) is 2.54. The van der Waals surface area contributed by atoms with Crippen molar-refractivity contribution in [3.63, 3.8) is 0 Å². The molecule has 0 fully saturated rings. The van der Waals surface area contributed by atoms with Gasteiger partial charge in [0, 0.05) is 18.8 Å². The van der Waals surface area contributed by atoms with Gasteiger partial charge in [-0.3, -0.25) is 4.68 Å². The predicted molar refractivity (Wildman–Crippen MR) is 59.5 cm³/mol. The summed E-state index contributed by atoms with van der Waals surface area (Å²) in [5.41, 5.74) is -0.693. The van der Waals surface area contributed by atoms with Crippen molar-refractivity contribution in [2.45, 2.75) is 39.5 Å². The van der Waals surface area contributed by atoms with Crippen LogP contribution in [0.4, 0.5) is 13.2 Å². The van der Waals surface area contributed by atoms with Gasteiger partial charge in [-0.15, -0.1) is 0 Å². The lowest BCUT2D eigenvalue weighted by Gasteiger charge is -2.14. The molecule has 3 nitrogen and oxygen atoms in total. The second-order valence-electron chi connectivity index (χ2n) is 4.62. The number of alkyl halides is 3. The minimum absolute atomic E-state index is 0.235. The third kappa shape index (κ3) is 4.77. The molecule has 1 aromatic heterocycles. The van der Waals surface area contributed by atoms with Gasteiger partial charge >= 0.3 is 6.18 Å². The van der Waals surface area contributed by atoms with E-state index in [0.717, 1.165) is 18.9 Å². The van der Waals surface area contributed by atoms with Crippen molar-refractivity contribution in [1.29, 1.82) is 0 Å². The normalized spacial score (nSPS) is 14.3. The van der Waals surface area contributed by atoms with E-state index in [-0.39, 0.29) is 5.92 Å². The van der Waals surface area contributed by atoms with Crippen LogP contribution in [0.25, 0.3) is 0 Å². The lowest BCUT2D eigenvalue weighted by molar-refractivity contribution is -0.137. The van der Waals surface area contributed by atoms with Gasteiger partial charge in [0.05, 0.1) is 11.8 Å². The fraction of sp³-hybridized carbons (Fsp3) is 0.727. The van der Waals surface area contributed by atoms with E-state index in [1.54, 1.807) is 0 Å². The highest BCUT2D eigenvalue weighted by Crippen LogP contribution is 2.28. The summed E-state index contributed by atoms with van der Waals surface area (Å²) >= 11 is 0. The van der Waals surface area contributed by atoms with Crippen LogP contribution in [0.1, 0.15) is 26.3 Å². The van der Waals surface area contributed by atoms with E-state index < -0.39 is 11.7 Å². The van der Waals surface area contributed by atoms with E-state index in [1.165, 1.54) is 4.68 Å². The van der Waals surface area contributed by atoms with E-state index in [4.69, 9.17) is 0 Å². The molecule has 98 valence electrons. The Bertz CT molecular complexity index is 344. The molecule has 0 spiro atoms. The number of hydrogen-bond acceptors (Lipinski definition) is 2. The largest absolute Gasteiger partial charge is 0.419 e. The van der Waals surface area contributed by atoms with Gasteiger partial charge in [0.15, 0.2) is 0 Å². The molecule has 0 saturated heterocycles. The molecule has 1 rings (SSSR count). The number of nitrogens with one attached hydrogen (secondary N) is 1. The quantitative estimate of drug-likeness (QED) is 0.869. The Balaban J connectivity index is 2.49. The Morgan fingerprint density at radius 2 is 2.00 bits per heavy atom. The molecule has 0 amide bonds. The van der Waals surface area contributed by atoms with Gasteiger partial charge in [0.1, 0.15) is 0 Å². The summed E-state index contributed by atoms with van der Waals surface area (Å²) in [4.78, 5) is 0. The lowest BCUT2D eigenvalue weighted by atomic mass is 10.1. The van der Waals surface area contributed by atoms with Gasteiger partial charge in [0.2, 0.25) is 0 Å². The summed E-state index contributed by atoms with van der Waals surface area (Å²) in [5, 5.41) is 6.96. The Labute approximate surface area is 99.0 Å². The van der Waals surface area contributed by atoms with Gasteiger partial charge in [-0.05, 0) is 12.5 Å². The van der Waals surface area contributed by atoms with Crippen LogP contribution in [-0.4, -0.2) is 22.4 Å². The number of nitrogens with zero attached hydrogens (tertiary/aromatic N) is 2. The molecule has 1 unspecified atom stereocenters.